The molecule has 9 atom stereocenters. The van der Waals surface area contributed by atoms with E-state index >= 15 is 0 Å². The van der Waals surface area contributed by atoms with E-state index in [1.54, 1.807) is 0 Å². The van der Waals surface area contributed by atoms with E-state index in [2.05, 4.69) is 16.0 Å². The van der Waals surface area contributed by atoms with Crippen LogP contribution in [0, 0.1) is 17.8 Å². The van der Waals surface area contributed by atoms with Crippen molar-refractivity contribution in [3.8, 4) is 0 Å². The van der Waals surface area contributed by atoms with E-state index in [0.29, 0.717) is 18.1 Å². The van der Waals surface area contributed by atoms with E-state index in [1.165, 1.54) is 77.0 Å². The van der Waals surface area contributed by atoms with Crippen LogP contribution >= 0.6 is 0 Å². The van der Waals surface area contributed by atoms with E-state index in [1.807, 2.05) is 0 Å². The fraction of sp³-hybridized carbons (Fsp3) is 1.00. The standard InChI is InChI=1S/3C9H16NO.Al/c3*11-8-5-1-3-7-4-2-6-10-9(7)8;/h3*7-10H,1-6H2;/q3*-1;+3. The quantitative estimate of drug-likeness (QED) is 0.494. The molecule has 6 fully saturated rings. The SMILES string of the molecule is C1CNC2C(C1)CCCC2[O][Al]([O]C1CCCC2CCCNC21)[O]C1CCCC2CCCNC21. The Morgan fingerprint density at radius 2 is 0.735 bits per heavy atom. The topological polar surface area (TPSA) is 63.8 Å². The molecule has 0 bridgehead atoms. The van der Waals surface area contributed by atoms with Gasteiger partial charge in [-0.3, -0.25) is 0 Å². The summed E-state index contributed by atoms with van der Waals surface area (Å²) in [5, 5.41) is 11.5. The van der Waals surface area contributed by atoms with E-state index in [0.717, 1.165) is 56.7 Å². The minimum absolute atomic E-state index is 0.271. The van der Waals surface area contributed by atoms with Crippen molar-refractivity contribution in [1.82, 2.24) is 16.0 Å². The molecule has 0 aromatic carbocycles. The average Bonchev–Trinajstić information content (AvgIpc) is 2.89. The first-order valence-corrected chi connectivity index (χ1v) is 16.4. The van der Waals surface area contributed by atoms with Gasteiger partial charge in [0.1, 0.15) is 0 Å². The molecule has 6 rings (SSSR count). The number of nitrogens with one attached hydrogen (secondary N) is 3. The van der Waals surface area contributed by atoms with Crippen LogP contribution in [0.2, 0.25) is 0 Å². The molecule has 7 heteroatoms. The van der Waals surface area contributed by atoms with E-state index in [4.69, 9.17) is 11.4 Å². The molecule has 6 aliphatic rings. The Hall–Kier alpha value is 0.292. The summed E-state index contributed by atoms with van der Waals surface area (Å²) in [5.41, 5.74) is 0. The minimum atomic E-state index is -2.27. The predicted molar refractivity (Wildman–Crippen MR) is 135 cm³/mol. The van der Waals surface area contributed by atoms with Crippen LogP contribution in [-0.4, -0.2) is 71.2 Å². The first kappa shape index (κ1) is 24.6. The van der Waals surface area contributed by atoms with Crippen molar-refractivity contribution in [1.29, 1.82) is 0 Å². The first-order valence-electron chi connectivity index (χ1n) is 15.0. The van der Waals surface area contributed by atoms with Crippen LogP contribution in [0.4, 0.5) is 0 Å². The molecule has 192 valence electrons. The fourth-order valence-corrected chi connectivity index (χ4v) is 10.4. The Kier molecular flexibility index (Phi) is 8.53. The lowest BCUT2D eigenvalue weighted by Crippen LogP contribution is -2.59. The number of fused-ring (bicyclic) bond motifs is 3. The molecule has 3 heterocycles. The Labute approximate surface area is 212 Å². The zero-order valence-corrected chi connectivity index (χ0v) is 22.4. The number of piperidine rings is 3. The molecule has 6 nitrogen and oxygen atoms in total. The highest BCUT2D eigenvalue weighted by Gasteiger charge is 2.48. The highest BCUT2D eigenvalue weighted by atomic mass is 27.3. The van der Waals surface area contributed by atoms with Crippen molar-refractivity contribution in [2.45, 2.75) is 133 Å². The molecule has 3 saturated heterocycles. The molecule has 3 aliphatic heterocycles. The highest BCUT2D eigenvalue weighted by Crippen LogP contribution is 2.37. The second-order valence-corrected chi connectivity index (χ2v) is 13.6. The zero-order valence-electron chi connectivity index (χ0n) is 21.2. The maximum atomic E-state index is 7.00. The van der Waals surface area contributed by atoms with Crippen molar-refractivity contribution in [2.75, 3.05) is 19.6 Å². The molecular formula is C27H48AlN3O3. The summed E-state index contributed by atoms with van der Waals surface area (Å²) in [7, 11) is 0. The van der Waals surface area contributed by atoms with Gasteiger partial charge in [0.25, 0.3) is 0 Å². The van der Waals surface area contributed by atoms with Gasteiger partial charge in [-0.05, 0) is 114 Å². The Balaban J connectivity index is 1.17. The van der Waals surface area contributed by atoms with Gasteiger partial charge in [-0.1, -0.05) is 19.3 Å². The van der Waals surface area contributed by atoms with Gasteiger partial charge in [-0.25, -0.2) is 0 Å². The van der Waals surface area contributed by atoms with Crippen molar-refractivity contribution in [2.24, 2.45) is 17.8 Å². The highest BCUT2D eigenvalue weighted by molar-refractivity contribution is 6.36. The van der Waals surface area contributed by atoms with Crippen LogP contribution in [0.5, 0.6) is 0 Å². The van der Waals surface area contributed by atoms with E-state index in [-0.39, 0.29) is 18.3 Å². The lowest BCUT2D eigenvalue weighted by molar-refractivity contribution is -0.0602. The number of rotatable bonds is 6. The third kappa shape index (κ3) is 5.58. The van der Waals surface area contributed by atoms with Crippen molar-refractivity contribution in [3.05, 3.63) is 0 Å². The third-order valence-corrected chi connectivity index (χ3v) is 11.9. The van der Waals surface area contributed by atoms with E-state index in [9.17, 15) is 0 Å². The van der Waals surface area contributed by atoms with Crippen LogP contribution in [-0.2, 0) is 11.4 Å². The molecular weight excluding hydrogens is 441 g/mol. The molecule has 3 N–H and O–H groups in total. The fourth-order valence-electron chi connectivity index (χ4n) is 8.48. The number of hydrogen-bond donors (Lipinski definition) is 3. The van der Waals surface area contributed by atoms with Gasteiger partial charge in [0.05, 0.1) is 0 Å². The van der Waals surface area contributed by atoms with Crippen LogP contribution in [0.1, 0.15) is 96.3 Å². The molecule has 3 aliphatic carbocycles. The molecule has 0 radical (unpaired) electrons. The summed E-state index contributed by atoms with van der Waals surface area (Å²) in [6.07, 6.45) is 20.3. The minimum Gasteiger partial charge on any atom is -0.450 e. The van der Waals surface area contributed by atoms with Gasteiger partial charge in [-0.15, -0.1) is 0 Å². The van der Waals surface area contributed by atoms with Gasteiger partial charge in [0, 0.05) is 36.4 Å². The van der Waals surface area contributed by atoms with Crippen molar-refractivity contribution < 1.29 is 11.4 Å². The summed E-state index contributed by atoms with van der Waals surface area (Å²) in [6, 6.07) is 1.51. The van der Waals surface area contributed by atoms with Gasteiger partial charge in [0.15, 0.2) is 0 Å². The van der Waals surface area contributed by atoms with Crippen LogP contribution in [0.15, 0.2) is 0 Å². The summed E-state index contributed by atoms with van der Waals surface area (Å²) in [6.45, 7) is 3.42. The second-order valence-electron chi connectivity index (χ2n) is 12.3. The molecule has 9 unspecified atom stereocenters. The van der Waals surface area contributed by atoms with Crippen LogP contribution in [0.3, 0.4) is 0 Å². The summed E-state index contributed by atoms with van der Waals surface area (Å²) < 4.78 is 21.0. The Bertz CT molecular complexity index is 565. The Morgan fingerprint density at radius 1 is 0.412 bits per heavy atom. The molecule has 0 aromatic heterocycles. The van der Waals surface area contributed by atoms with Crippen LogP contribution in [0.25, 0.3) is 0 Å². The second kappa shape index (κ2) is 11.8. The molecule has 0 spiro atoms. The lowest BCUT2D eigenvalue weighted by atomic mass is 9.78. The molecule has 0 amide bonds. The predicted octanol–water partition coefficient (Wildman–Crippen LogP) is 3.78. The van der Waals surface area contributed by atoms with Crippen molar-refractivity contribution >= 4 is 15.1 Å². The van der Waals surface area contributed by atoms with Gasteiger partial charge >= 0.3 is 15.1 Å². The lowest BCUT2D eigenvalue weighted by Gasteiger charge is -2.46. The normalized spacial score (nSPS) is 45.0. The zero-order chi connectivity index (χ0) is 22.7. The summed E-state index contributed by atoms with van der Waals surface area (Å²) >= 11 is -2.27. The maximum absolute atomic E-state index is 7.00. The van der Waals surface area contributed by atoms with Gasteiger partial charge < -0.3 is 27.3 Å². The van der Waals surface area contributed by atoms with Crippen LogP contribution < -0.4 is 16.0 Å². The molecule has 34 heavy (non-hydrogen) atoms. The summed E-state index contributed by atoms with van der Waals surface area (Å²) in [4.78, 5) is 0. The molecule has 0 aromatic rings. The monoisotopic (exact) mass is 489 g/mol. The summed E-state index contributed by atoms with van der Waals surface area (Å²) in [5.74, 6) is 2.33. The largest absolute Gasteiger partial charge is 0.906 e. The van der Waals surface area contributed by atoms with Gasteiger partial charge in [0.2, 0.25) is 0 Å². The third-order valence-electron chi connectivity index (χ3n) is 10.2. The van der Waals surface area contributed by atoms with E-state index < -0.39 is 15.1 Å². The maximum Gasteiger partial charge on any atom is 0.906 e. The van der Waals surface area contributed by atoms with Crippen molar-refractivity contribution in [3.63, 3.8) is 0 Å². The number of hydrogen-bond acceptors (Lipinski definition) is 6. The Morgan fingerprint density at radius 3 is 1.09 bits per heavy atom. The molecule has 3 saturated carbocycles. The smallest absolute Gasteiger partial charge is 0.450 e. The first-order chi connectivity index (χ1) is 16.8. The average molecular weight is 490 g/mol. The van der Waals surface area contributed by atoms with Gasteiger partial charge in [-0.2, -0.15) is 0 Å².